The first-order chi connectivity index (χ1) is 6.27. The molecule has 1 fully saturated rings. The number of aromatic amines is 1. The molecule has 0 aromatic carbocycles. The van der Waals surface area contributed by atoms with Gasteiger partial charge in [0, 0.05) is 12.5 Å². The Hall–Kier alpha value is -1.43. The van der Waals surface area contributed by atoms with Crippen molar-refractivity contribution in [3.05, 3.63) is 11.6 Å². The predicted molar refractivity (Wildman–Crippen MR) is 43.6 cm³/mol. The van der Waals surface area contributed by atoms with E-state index in [1.54, 1.807) is 0 Å². The van der Waals surface area contributed by atoms with Crippen molar-refractivity contribution in [3.8, 4) is 0 Å². The summed E-state index contributed by atoms with van der Waals surface area (Å²) in [6, 6.07) is 0. The molecule has 2 rings (SSSR count). The highest BCUT2D eigenvalue weighted by Crippen LogP contribution is 2.17. The summed E-state index contributed by atoms with van der Waals surface area (Å²) in [6.45, 7) is 1.79. The minimum absolute atomic E-state index is 0.151. The quantitative estimate of drug-likeness (QED) is 0.577. The fourth-order valence-corrected chi connectivity index (χ4v) is 1.44. The van der Waals surface area contributed by atoms with Crippen molar-refractivity contribution in [3.63, 3.8) is 0 Å². The van der Waals surface area contributed by atoms with Crippen LogP contribution in [0, 0.1) is 0 Å². The van der Waals surface area contributed by atoms with Crippen molar-refractivity contribution in [1.29, 1.82) is 0 Å². The second-order valence-corrected chi connectivity index (χ2v) is 3.04. The summed E-state index contributed by atoms with van der Waals surface area (Å²) in [4.78, 5) is 14.4. The standard InChI is InChI=1S/C7H10N4O2/c12-7(13)6-9-5(10-11-6)4-1-2-8-3-4/h4,8H,1-3H2,(H,12,13)(H,9,10,11). The van der Waals surface area contributed by atoms with Crippen molar-refractivity contribution < 1.29 is 9.90 Å². The Bertz CT molecular complexity index is 316. The van der Waals surface area contributed by atoms with Crippen LogP contribution < -0.4 is 5.32 Å². The number of aromatic carboxylic acids is 1. The molecule has 0 aliphatic carbocycles. The van der Waals surface area contributed by atoms with E-state index in [9.17, 15) is 4.79 Å². The van der Waals surface area contributed by atoms with E-state index in [0.717, 1.165) is 19.5 Å². The number of carbonyl (C=O) groups is 1. The summed E-state index contributed by atoms with van der Waals surface area (Å²) in [7, 11) is 0. The monoisotopic (exact) mass is 182 g/mol. The highest BCUT2D eigenvalue weighted by molar-refractivity contribution is 5.82. The van der Waals surface area contributed by atoms with Gasteiger partial charge in [0.25, 0.3) is 5.82 Å². The van der Waals surface area contributed by atoms with Crippen LogP contribution in [0.5, 0.6) is 0 Å². The van der Waals surface area contributed by atoms with Gasteiger partial charge in [-0.1, -0.05) is 0 Å². The van der Waals surface area contributed by atoms with Crippen molar-refractivity contribution in [1.82, 2.24) is 20.5 Å². The Balaban J connectivity index is 2.16. The number of carboxylic acids is 1. The summed E-state index contributed by atoms with van der Waals surface area (Å²) in [5, 5.41) is 18.0. The predicted octanol–water partition coefficient (Wildman–Crippen LogP) is -0.420. The van der Waals surface area contributed by atoms with Gasteiger partial charge in [0.15, 0.2) is 0 Å². The SMILES string of the molecule is O=C(O)c1n[nH]c(C2CCNC2)n1. The zero-order valence-corrected chi connectivity index (χ0v) is 6.95. The van der Waals surface area contributed by atoms with Crippen LogP contribution in [-0.4, -0.2) is 39.3 Å². The summed E-state index contributed by atoms with van der Waals surface area (Å²) < 4.78 is 0. The Labute approximate surface area is 74.4 Å². The van der Waals surface area contributed by atoms with E-state index in [0.29, 0.717) is 5.82 Å². The highest BCUT2D eigenvalue weighted by atomic mass is 16.4. The molecule has 70 valence electrons. The molecule has 6 heteroatoms. The van der Waals surface area contributed by atoms with Gasteiger partial charge in [0.05, 0.1) is 0 Å². The summed E-state index contributed by atoms with van der Waals surface area (Å²) in [5.74, 6) is -0.293. The van der Waals surface area contributed by atoms with Gasteiger partial charge in [-0.15, -0.1) is 5.10 Å². The molecule has 13 heavy (non-hydrogen) atoms. The van der Waals surface area contributed by atoms with Crippen molar-refractivity contribution in [2.75, 3.05) is 13.1 Å². The van der Waals surface area contributed by atoms with Crippen LogP contribution in [0.1, 0.15) is 28.8 Å². The summed E-state index contributed by atoms with van der Waals surface area (Å²) in [6.07, 6.45) is 0.980. The van der Waals surface area contributed by atoms with Crippen LogP contribution in [-0.2, 0) is 0 Å². The van der Waals surface area contributed by atoms with E-state index in [2.05, 4.69) is 20.5 Å². The van der Waals surface area contributed by atoms with Gasteiger partial charge in [0.1, 0.15) is 5.82 Å². The molecule has 1 aromatic rings. The van der Waals surface area contributed by atoms with Crippen LogP contribution in [0.2, 0.25) is 0 Å². The Morgan fingerprint density at radius 2 is 2.46 bits per heavy atom. The lowest BCUT2D eigenvalue weighted by molar-refractivity contribution is 0.0684. The van der Waals surface area contributed by atoms with Crippen LogP contribution in [0.15, 0.2) is 0 Å². The average molecular weight is 182 g/mol. The van der Waals surface area contributed by atoms with Gasteiger partial charge in [-0.25, -0.2) is 9.78 Å². The van der Waals surface area contributed by atoms with Gasteiger partial charge in [-0.05, 0) is 13.0 Å². The van der Waals surface area contributed by atoms with E-state index < -0.39 is 5.97 Å². The number of aromatic nitrogens is 3. The Kier molecular flexibility index (Phi) is 1.97. The largest absolute Gasteiger partial charge is 0.475 e. The minimum Gasteiger partial charge on any atom is -0.475 e. The normalized spacial score (nSPS) is 22.0. The Morgan fingerprint density at radius 3 is 3.00 bits per heavy atom. The van der Waals surface area contributed by atoms with Gasteiger partial charge >= 0.3 is 5.97 Å². The zero-order valence-electron chi connectivity index (χ0n) is 6.95. The maximum absolute atomic E-state index is 10.5. The smallest absolute Gasteiger partial charge is 0.375 e. The van der Waals surface area contributed by atoms with Crippen molar-refractivity contribution in [2.24, 2.45) is 0 Å². The third-order valence-electron chi connectivity index (χ3n) is 2.14. The van der Waals surface area contributed by atoms with E-state index in [4.69, 9.17) is 5.11 Å². The number of hydrogen-bond acceptors (Lipinski definition) is 4. The first kappa shape index (κ1) is 8.18. The fraction of sp³-hybridized carbons (Fsp3) is 0.571. The van der Waals surface area contributed by atoms with E-state index in [1.807, 2.05) is 0 Å². The average Bonchev–Trinajstić information content (AvgIpc) is 2.75. The number of nitrogens with zero attached hydrogens (tertiary/aromatic N) is 2. The van der Waals surface area contributed by atoms with E-state index >= 15 is 0 Å². The molecule has 6 nitrogen and oxygen atoms in total. The number of carboxylic acid groups (broad SMARTS) is 1. The van der Waals surface area contributed by atoms with Gasteiger partial charge < -0.3 is 10.4 Å². The summed E-state index contributed by atoms with van der Waals surface area (Å²) >= 11 is 0. The molecule has 0 amide bonds. The molecule has 1 saturated heterocycles. The molecule has 1 aliphatic heterocycles. The third kappa shape index (κ3) is 1.52. The van der Waals surface area contributed by atoms with Gasteiger partial charge in [-0.3, -0.25) is 5.10 Å². The number of H-pyrrole nitrogens is 1. The molecule has 1 atom stereocenters. The maximum atomic E-state index is 10.5. The molecule has 2 heterocycles. The molecule has 0 bridgehead atoms. The molecular weight excluding hydrogens is 172 g/mol. The second-order valence-electron chi connectivity index (χ2n) is 3.04. The molecular formula is C7H10N4O2. The fourth-order valence-electron chi connectivity index (χ4n) is 1.44. The first-order valence-corrected chi connectivity index (χ1v) is 4.13. The zero-order chi connectivity index (χ0) is 9.26. The number of hydrogen-bond donors (Lipinski definition) is 3. The van der Waals surface area contributed by atoms with E-state index in [1.165, 1.54) is 0 Å². The van der Waals surface area contributed by atoms with Crippen LogP contribution >= 0.6 is 0 Å². The highest BCUT2D eigenvalue weighted by Gasteiger charge is 2.21. The second kappa shape index (κ2) is 3.14. The van der Waals surface area contributed by atoms with Crippen LogP contribution in [0.3, 0.4) is 0 Å². The van der Waals surface area contributed by atoms with Gasteiger partial charge in [0.2, 0.25) is 0 Å². The lowest BCUT2D eigenvalue weighted by Crippen LogP contribution is -2.09. The molecule has 1 aliphatic rings. The van der Waals surface area contributed by atoms with E-state index in [-0.39, 0.29) is 11.7 Å². The third-order valence-corrected chi connectivity index (χ3v) is 2.14. The van der Waals surface area contributed by atoms with Crippen molar-refractivity contribution >= 4 is 5.97 Å². The lowest BCUT2D eigenvalue weighted by Gasteiger charge is -2.00. The summed E-state index contributed by atoms with van der Waals surface area (Å²) in [5.41, 5.74) is 0. The van der Waals surface area contributed by atoms with Crippen LogP contribution in [0.4, 0.5) is 0 Å². The topological polar surface area (TPSA) is 90.9 Å². The molecule has 0 saturated carbocycles. The van der Waals surface area contributed by atoms with Crippen LogP contribution in [0.25, 0.3) is 0 Å². The van der Waals surface area contributed by atoms with Gasteiger partial charge in [-0.2, -0.15) is 0 Å². The number of nitrogens with one attached hydrogen (secondary N) is 2. The number of rotatable bonds is 2. The Morgan fingerprint density at radius 1 is 1.62 bits per heavy atom. The molecule has 1 aromatic heterocycles. The lowest BCUT2D eigenvalue weighted by atomic mass is 10.1. The molecule has 1 unspecified atom stereocenters. The molecule has 0 radical (unpaired) electrons. The maximum Gasteiger partial charge on any atom is 0.375 e. The molecule has 0 spiro atoms. The first-order valence-electron chi connectivity index (χ1n) is 4.13. The minimum atomic E-state index is -1.09. The molecule has 3 N–H and O–H groups in total. The van der Waals surface area contributed by atoms with Crippen molar-refractivity contribution in [2.45, 2.75) is 12.3 Å².